The average Bonchev–Trinajstić information content (AvgIpc) is 2.99. The molecular weight excluding hydrogens is 396 g/mol. The number of anilines is 1. The summed E-state index contributed by atoms with van der Waals surface area (Å²) in [6.45, 7) is 14.4. The van der Waals surface area contributed by atoms with Crippen LogP contribution in [0.1, 0.15) is 62.3 Å². The molecule has 2 unspecified atom stereocenters. The summed E-state index contributed by atoms with van der Waals surface area (Å²) in [7, 11) is 0. The van der Waals surface area contributed by atoms with Crippen LogP contribution in [0.3, 0.4) is 0 Å². The van der Waals surface area contributed by atoms with E-state index in [9.17, 15) is 9.59 Å². The van der Waals surface area contributed by atoms with Gasteiger partial charge >= 0.3 is 0 Å². The zero-order valence-corrected chi connectivity index (χ0v) is 20.1. The highest BCUT2D eigenvalue weighted by Crippen LogP contribution is 2.38. The topological polar surface area (TPSA) is 40.6 Å². The lowest BCUT2D eigenvalue weighted by Gasteiger charge is -2.37. The number of carbonyl (C=O) groups is 2. The number of piperidine rings is 1. The fraction of sp³-hybridized carbons (Fsp3) is 0.429. The van der Waals surface area contributed by atoms with Crippen molar-refractivity contribution in [3.05, 3.63) is 70.4 Å². The molecule has 4 rings (SSSR count). The van der Waals surface area contributed by atoms with E-state index >= 15 is 0 Å². The molecule has 2 amide bonds. The second-order valence-electron chi connectivity index (χ2n) is 10.1. The van der Waals surface area contributed by atoms with Gasteiger partial charge in [0.2, 0.25) is 0 Å². The van der Waals surface area contributed by atoms with Crippen LogP contribution in [-0.2, 0) is 9.59 Å². The number of rotatable bonds is 4. The Bertz CT molecular complexity index is 1070. The van der Waals surface area contributed by atoms with E-state index in [1.807, 2.05) is 49.4 Å². The van der Waals surface area contributed by atoms with Gasteiger partial charge in [-0.1, -0.05) is 58.0 Å². The Kier molecular flexibility index (Phi) is 5.98. The summed E-state index contributed by atoms with van der Waals surface area (Å²) >= 11 is 0. The summed E-state index contributed by atoms with van der Waals surface area (Å²) in [6, 6.07) is 13.9. The molecule has 2 heterocycles. The van der Waals surface area contributed by atoms with Gasteiger partial charge < -0.3 is 4.90 Å². The van der Waals surface area contributed by atoms with Crippen molar-refractivity contribution in [3.8, 4) is 0 Å². The van der Waals surface area contributed by atoms with Crippen molar-refractivity contribution >= 4 is 23.1 Å². The van der Waals surface area contributed by atoms with Gasteiger partial charge in [-0.05, 0) is 72.4 Å². The second kappa shape index (κ2) is 8.57. The number of aryl methyl sites for hydroxylation is 2. The normalized spacial score (nSPS) is 21.8. The first-order valence-corrected chi connectivity index (χ1v) is 11.7. The predicted octanol–water partition coefficient (Wildman–Crippen LogP) is 5.69. The highest BCUT2D eigenvalue weighted by molar-refractivity contribution is 6.45. The molecule has 1 fully saturated rings. The third-order valence-corrected chi connectivity index (χ3v) is 6.86. The summed E-state index contributed by atoms with van der Waals surface area (Å²) in [5.74, 6) is 0.924. The van der Waals surface area contributed by atoms with E-state index in [1.54, 1.807) is 0 Å². The van der Waals surface area contributed by atoms with Crippen LogP contribution in [-0.4, -0.2) is 29.8 Å². The SMILES string of the molecule is Cc1ccc(C2=C(N3CC(C)CC(C)C3)C(=O)N(c3ccc(C(C)C)cc3)C2=O)cc1C. The van der Waals surface area contributed by atoms with Crippen LogP contribution in [0, 0.1) is 25.7 Å². The summed E-state index contributed by atoms with van der Waals surface area (Å²) in [5.41, 5.74) is 6.04. The number of amides is 2. The lowest BCUT2D eigenvalue weighted by Crippen LogP contribution is -2.42. The molecule has 0 spiro atoms. The van der Waals surface area contributed by atoms with Crippen molar-refractivity contribution in [1.29, 1.82) is 0 Å². The van der Waals surface area contributed by atoms with Gasteiger partial charge in [0.1, 0.15) is 5.70 Å². The molecule has 2 aliphatic heterocycles. The Morgan fingerprint density at radius 2 is 1.47 bits per heavy atom. The van der Waals surface area contributed by atoms with Crippen molar-refractivity contribution in [1.82, 2.24) is 4.90 Å². The summed E-state index contributed by atoms with van der Waals surface area (Å²) in [4.78, 5) is 31.1. The maximum Gasteiger partial charge on any atom is 0.282 e. The minimum Gasteiger partial charge on any atom is -0.366 e. The Hall–Kier alpha value is -2.88. The van der Waals surface area contributed by atoms with Gasteiger partial charge in [0.05, 0.1) is 11.3 Å². The number of imide groups is 1. The number of likely N-dealkylation sites (tertiary alicyclic amines) is 1. The maximum absolute atomic E-state index is 13.8. The van der Waals surface area contributed by atoms with E-state index in [0.717, 1.165) is 30.6 Å². The van der Waals surface area contributed by atoms with Gasteiger partial charge in [0.15, 0.2) is 0 Å². The first-order valence-electron chi connectivity index (χ1n) is 11.7. The molecule has 4 nitrogen and oxygen atoms in total. The van der Waals surface area contributed by atoms with Crippen molar-refractivity contribution in [2.45, 2.75) is 53.9 Å². The first kappa shape index (κ1) is 22.3. The van der Waals surface area contributed by atoms with E-state index in [2.05, 4.69) is 39.5 Å². The van der Waals surface area contributed by atoms with Crippen molar-refractivity contribution in [2.75, 3.05) is 18.0 Å². The first-order chi connectivity index (χ1) is 15.2. The largest absolute Gasteiger partial charge is 0.366 e. The van der Waals surface area contributed by atoms with Gasteiger partial charge in [0, 0.05) is 13.1 Å². The van der Waals surface area contributed by atoms with Crippen molar-refractivity contribution in [3.63, 3.8) is 0 Å². The minimum absolute atomic E-state index is 0.207. The highest BCUT2D eigenvalue weighted by atomic mass is 16.2. The summed E-state index contributed by atoms with van der Waals surface area (Å²) in [5, 5.41) is 0. The van der Waals surface area contributed by atoms with E-state index in [1.165, 1.54) is 16.0 Å². The van der Waals surface area contributed by atoms with Gasteiger partial charge in [-0.25, -0.2) is 4.90 Å². The monoisotopic (exact) mass is 430 g/mol. The van der Waals surface area contributed by atoms with Crippen molar-refractivity contribution < 1.29 is 9.59 Å². The number of hydrogen-bond donors (Lipinski definition) is 0. The van der Waals surface area contributed by atoms with Crippen LogP contribution in [0.4, 0.5) is 5.69 Å². The van der Waals surface area contributed by atoms with Gasteiger partial charge in [-0.15, -0.1) is 0 Å². The Morgan fingerprint density at radius 1 is 0.844 bits per heavy atom. The Morgan fingerprint density at radius 3 is 2.03 bits per heavy atom. The van der Waals surface area contributed by atoms with Crippen LogP contribution in [0.25, 0.3) is 5.57 Å². The Labute approximate surface area is 191 Å². The number of carbonyl (C=O) groups excluding carboxylic acids is 2. The molecule has 0 aliphatic carbocycles. The molecule has 168 valence electrons. The molecule has 0 radical (unpaired) electrons. The van der Waals surface area contributed by atoms with Crippen LogP contribution in [0.15, 0.2) is 48.2 Å². The third kappa shape index (κ3) is 3.99. The molecule has 2 aliphatic rings. The molecule has 0 aromatic heterocycles. The molecule has 0 N–H and O–H groups in total. The molecule has 32 heavy (non-hydrogen) atoms. The van der Waals surface area contributed by atoms with E-state index in [0.29, 0.717) is 34.7 Å². The lowest BCUT2D eigenvalue weighted by atomic mass is 9.90. The fourth-order valence-corrected chi connectivity index (χ4v) is 5.06. The quantitative estimate of drug-likeness (QED) is 0.585. The minimum atomic E-state index is -0.226. The van der Waals surface area contributed by atoms with Gasteiger partial charge in [-0.2, -0.15) is 0 Å². The molecular formula is C28H34N2O2. The van der Waals surface area contributed by atoms with E-state index in [4.69, 9.17) is 0 Å². The smallest absolute Gasteiger partial charge is 0.282 e. The average molecular weight is 431 g/mol. The number of nitrogens with zero attached hydrogens (tertiary/aromatic N) is 2. The van der Waals surface area contributed by atoms with Crippen LogP contribution in [0.5, 0.6) is 0 Å². The maximum atomic E-state index is 13.8. The van der Waals surface area contributed by atoms with Crippen molar-refractivity contribution in [2.24, 2.45) is 11.8 Å². The van der Waals surface area contributed by atoms with E-state index in [-0.39, 0.29) is 11.8 Å². The number of hydrogen-bond acceptors (Lipinski definition) is 3. The van der Waals surface area contributed by atoms with Crippen LogP contribution < -0.4 is 4.90 Å². The second-order valence-corrected chi connectivity index (χ2v) is 10.1. The molecule has 2 atom stereocenters. The van der Waals surface area contributed by atoms with Gasteiger partial charge in [0.25, 0.3) is 11.8 Å². The zero-order chi connectivity index (χ0) is 23.2. The fourth-order valence-electron chi connectivity index (χ4n) is 5.06. The zero-order valence-electron chi connectivity index (χ0n) is 20.1. The molecule has 4 heteroatoms. The Balaban J connectivity index is 1.82. The predicted molar refractivity (Wildman–Crippen MR) is 130 cm³/mol. The van der Waals surface area contributed by atoms with Gasteiger partial charge in [-0.3, -0.25) is 9.59 Å². The standard InChI is InChI=1S/C28H34N2O2/c1-17(2)22-9-11-24(12-10-22)30-27(31)25(23-8-7-20(5)21(6)14-23)26(28(30)32)29-15-18(3)13-19(4)16-29/h7-12,14,17-19H,13,15-16H2,1-6H3. The summed E-state index contributed by atoms with van der Waals surface area (Å²) in [6.07, 6.45) is 1.14. The number of benzene rings is 2. The van der Waals surface area contributed by atoms with Crippen LogP contribution in [0.2, 0.25) is 0 Å². The molecule has 1 saturated heterocycles. The third-order valence-electron chi connectivity index (χ3n) is 6.86. The molecule has 0 bridgehead atoms. The van der Waals surface area contributed by atoms with Crippen LogP contribution >= 0.6 is 0 Å². The highest BCUT2D eigenvalue weighted by Gasteiger charge is 2.43. The molecule has 2 aromatic rings. The molecule has 0 saturated carbocycles. The molecule has 2 aromatic carbocycles. The lowest BCUT2D eigenvalue weighted by molar-refractivity contribution is -0.120. The summed E-state index contributed by atoms with van der Waals surface area (Å²) < 4.78 is 0. The van der Waals surface area contributed by atoms with E-state index < -0.39 is 0 Å².